The molecule has 2 aromatic heterocycles. The maximum absolute atomic E-state index is 15.6. The summed E-state index contributed by atoms with van der Waals surface area (Å²) in [5.74, 6) is -1.23. The molecule has 4 aromatic carbocycles. The van der Waals surface area contributed by atoms with Gasteiger partial charge in [-0.1, -0.05) is 239 Å². The Kier molecular flexibility index (Phi) is 14.6. The van der Waals surface area contributed by atoms with Crippen molar-refractivity contribution in [3.05, 3.63) is 164 Å². The molecule has 3 aliphatic heterocycles. The number of hydrogen-bond donors (Lipinski definition) is 2. The Morgan fingerprint density at radius 3 is 0.890 bits per heavy atom. The lowest BCUT2D eigenvalue weighted by atomic mass is 9.78. The summed E-state index contributed by atoms with van der Waals surface area (Å²) in [4.78, 5) is 50.6. The predicted molar refractivity (Wildman–Crippen MR) is 349 cm³/mol. The van der Waals surface area contributed by atoms with Gasteiger partial charge in [0, 0.05) is 44.7 Å². The molecule has 0 spiro atoms. The van der Waals surface area contributed by atoms with Gasteiger partial charge in [0.2, 0.25) is 0 Å². The molecule has 82 heavy (non-hydrogen) atoms. The topological polar surface area (TPSA) is 91.5 Å². The standard InChI is InChI=1S/C76H94N4O2/c1-69(2,3)47-31-43(32-48(39-47)70(4,5)6)61-55-25-26-56(77-55)62(44-33-49(71(7,8)9)40-50(34-44)72(10,11)12)58-28-30-60(79-58)64(46-37-53(75(19,20)21)42-54(38-46)76(22,23)24)66-68(82)67(81)65(80-66)63(59-29-27-57(61)78-59)45-35-51(73(13,14)15)41-52(36-45)74(16,17)18/h25-27,29,31-42,78-79H,28,30H2,1-24H3. The smallest absolute Gasteiger partial charge is 0.254 e. The van der Waals surface area contributed by atoms with Gasteiger partial charge in [0.1, 0.15) is 11.4 Å². The molecule has 8 bridgehead atoms. The van der Waals surface area contributed by atoms with E-state index in [1.54, 1.807) is 0 Å². The van der Waals surface area contributed by atoms with Crippen molar-refractivity contribution in [1.82, 2.24) is 19.9 Å². The third-order valence-electron chi connectivity index (χ3n) is 17.1. The van der Waals surface area contributed by atoms with Gasteiger partial charge in [0.25, 0.3) is 11.6 Å². The lowest BCUT2D eigenvalue weighted by molar-refractivity contribution is 0.0826. The minimum atomic E-state index is -0.618. The minimum absolute atomic E-state index is 0.135. The molecule has 5 heterocycles. The summed E-state index contributed by atoms with van der Waals surface area (Å²) < 4.78 is 0. The van der Waals surface area contributed by atoms with E-state index in [0.29, 0.717) is 29.5 Å². The Labute approximate surface area is 492 Å². The zero-order valence-electron chi connectivity index (χ0n) is 54.4. The van der Waals surface area contributed by atoms with Gasteiger partial charge in [-0.05, 0) is 147 Å². The van der Waals surface area contributed by atoms with Crippen molar-refractivity contribution >= 4 is 34.8 Å². The number of Topliss-reactive ketones (excluding diaryl/α,β-unsaturated/α-hetero) is 2. The Bertz CT molecular complexity index is 3710. The van der Waals surface area contributed by atoms with E-state index in [-0.39, 0.29) is 54.7 Å². The SMILES string of the molecule is CC(C)(C)c1cc(-c2c3nc(c(-c4cc(C(C)(C)C)cc(C(C)(C)C)c4)c4ccc([nH]4)c(-c4cc(C(C)(C)C)cc(C(C)(C)C)c4)c4nc(c(-c5cc(C(C)(C)C)cc(C(C)(C)C)c5)c5[nH]c2CC5)C(=O)C4=O)C=C3)cc(C(C)(C)C)c1. The Hall–Kier alpha value is -6.66. The van der Waals surface area contributed by atoms with Crippen LogP contribution in [0.25, 0.3) is 67.7 Å². The first-order chi connectivity index (χ1) is 37.5. The molecule has 9 rings (SSSR count). The number of aryl methyl sites for hydroxylation is 2. The molecular formula is C76H94N4O2. The second kappa shape index (κ2) is 20.0. The highest BCUT2D eigenvalue weighted by molar-refractivity contribution is 6.52. The average molecular weight is 1100 g/mol. The van der Waals surface area contributed by atoms with Gasteiger partial charge in [-0.15, -0.1) is 0 Å². The van der Waals surface area contributed by atoms with Crippen LogP contribution in [0.2, 0.25) is 0 Å². The number of aromatic amines is 2. The maximum atomic E-state index is 15.6. The number of aromatic nitrogens is 4. The number of benzene rings is 4. The molecule has 0 unspecified atom stereocenters. The molecule has 6 nitrogen and oxygen atoms in total. The summed E-state index contributed by atoms with van der Waals surface area (Å²) in [7, 11) is 0. The molecule has 0 amide bonds. The van der Waals surface area contributed by atoms with Crippen LogP contribution in [-0.4, -0.2) is 31.5 Å². The summed E-state index contributed by atoms with van der Waals surface area (Å²) >= 11 is 0. The number of ketones is 2. The van der Waals surface area contributed by atoms with Crippen LogP contribution >= 0.6 is 0 Å². The molecule has 0 saturated carbocycles. The summed E-state index contributed by atoms with van der Waals surface area (Å²) in [5, 5.41) is 0. The minimum Gasteiger partial charge on any atom is -0.361 e. The lowest BCUT2D eigenvalue weighted by Crippen LogP contribution is -2.17. The fraction of sp³-hybridized carbons (Fsp3) is 0.447. The Morgan fingerprint density at radius 1 is 0.305 bits per heavy atom. The van der Waals surface area contributed by atoms with E-state index in [4.69, 9.17) is 9.97 Å². The molecule has 430 valence electrons. The molecular weight excluding hydrogens is 1000 g/mol. The molecule has 0 fully saturated rings. The molecule has 6 heteroatoms. The number of rotatable bonds is 4. The van der Waals surface area contributed by atoms with Crippen molar-refractivity contribution < 1.29 is 9.59 Å². The van der Waals surface area contributed by atoms with Gasteiger partial charge in [0.05, 0.1) is 11.4 Å². The number of carbonyl (C=O) groups is 2. The largest absolute Gasteiger partial charge is 0.361 e. The van der Waals surface area contributed by atoms with E-state index in [9.17, 15) is 0 Å². The predicted octanol–water partition coefficient (Wildman–Crippen LogP) is 20.1. The van der Waals surface area contributed by atoms with Crippen molar-refractivity contribution in [3.63, 3.8) is 0 Å². The number of nitrogens with zero attached hydrogens (tertiary/aromatic N) is 2. The number of fused-ring (bicyclic) bond motifs is 8. The molecule has 0 radical (unpaired) electrons. The van der Waals surface area contributed by atoms with Crippen molar-refractivity contribution in [3.8, 4) is 44.5 Å². The second-order valence-electron chi connectivity index (χ2n) is 32.2. The van der Waals surface area contributed by atoms with Crippen LogP contribution in [0.5, 0.6) is 0 Å². The molecule has 6 aromatic rings. The van der Waals surface area contributed by atoms with Gasteiger partial charge in [-0.3, -0.25) is 9.59 Å². The first-order valence-electron chi connectivity index (χ1n) is 30.0. The summed E-state index contributed by atoms with van der Waals surface area (Å²) in [6.45, 7) is 54.2. The Morgan fingerprint density at radius 2 is 0.561 bits per heavy atom. The van der Waals surface area contributed by atoms with E-state index < -0.39 is 11.6 Å². The van der Waals surface area contributed by atoms with Crippen LogP contribution in [-0.2, 0) is 56.2 Å². The van der Waals surface area contributed by atoms with Crippen LogP contribution in [0.15, 0.2) is 84.9 Å². The van der Waals surface area contributed by atoms with Gasteiger partial charge in [0.15, 0.2) is 0 Å². The highest BCUT2D eigenvalue weighted by Gasteiger charge is 2.37. The van der Waals surface area contributed by atoms with E-state index in [2.05, 4.69) is 273 Å². The monoisotopic (exact) mass is 1090 g/mol. The first-order valence-corrected chi connectivity index (χ1v) is 30.0. The van der Waals surface area contributed by atoms with Crippen molar-refractivity contribution in [2.45, 2.75) is 222 Å². The zero-order chi connectivity index (χ0) is 60.6. The van der Waals surface area contributed by atoms with Crippen LogP contribution < -0.4 is 0 Å². The highest BCUT2D eigenvalue weighted by Crippen LogP contribution is 2.45. The molecule has 0 atom stereocenters. The second-order valence-corrected chi connectivity index (χ2v) is 32.2. The van der Waals surface area contributed by atoms with Crippen LogP contribution in [0.3, 0.4) is 0 Å². The van der Waals surface area contributed by atoms with Crippen molar-refractivity contribution in [2.75, 3.05) is 0 Å². The van der Waals surface area contributed by atoms with Crippen molar-refractivity contribution in [1.29, 1.82) is 0 Å². The third kappa shape index (κ3) is 11.8. The van der Waals surface area contributed by atoms with Crippen LogP contribution in [0.1, 0.15) is 254 Å². The highest BCUT2D eigenvalue weighted by atomic mass is 16.2. The number of hydrogen-bond acceptors (Lipinski definition) is 4. The fourth-order valence-electron chi connectivity index (χ4n) is 11.4. The van der Waals surface area contributed by atoms with Gasteiger partial charge in [-0.25, -0.2) is 9.97 Å². The van der Waals surface area contributed by atoms with E-state index in [1.165, 1.54) is 22.3 Å². The normalized spacial score (nSPS) is 14.5. The van der Waals surface area contributed by atoms with Crippen LogP contribution in [0, 0.1) is 0 Å². The molecule has 3 aliphatic rings. The van der Waals surface area contributed by atoms with Crippen molar-refractivity contribution in [2.24, 2.45) is 0 Å². The quantitative estimate of drug-likeness (QED) is 0.172. The fourth-order valence-corrected chi connectivity index (χ4v) is 11.4. The number of nitrogens with one attached hydrogen (secondary N) is 2. The molecule has 2 N–H and O–H groups in total. The van der Waals surface area contributed by atoms with Gasteiger partial charge >= 0.3 is 0 Å². The summed E-state index contributed by atoms with van der Waals surface area (Å²) in [5.41, 5.74) is 20.3. The third-order valence-corrected chi connectivity index (χ3v) is 17.1. The number of carbonyl (C=O) groups excluding carboxylic acids is 2. The first kappa shape index (κ1) is 59.9. The van der Waals surface area contributed by atoms with E-state index >= 15 is 9.59 Å². The summed E-state index contributed by atoms with van der Waals surface area (Å²) in [6.07, 6.45) is 5.63. The van der Waals surface area contributed by atoms with Gasteiger partial charge < -0.3 is 9.97 Å². The number of H-pyrrole nitrogens is 2. The average Bonchev–Trinajstić information content (AvgIpc) is 3.32. The summed E-state index contributed by atoms with van der Waals surface area (Å²) in [6, 6.07) is 31.8. The Balaban J connectivity index is 1.59. The van der Waals surface area contributed by atoms with Crippen LogP contribution in [0.4, 0.5) is 0 Å². The van der Waals surface area contributed by atoms with E-state index in [1.807, 2.05) is 0 Å². The molecule has 0 saturated heterocycles. The maximum Gasteiger partial charge on any atom is 0.254 e. The van der Waals surface area contributed by atoms with E-state index in [0.717, 1.165) is 83.9 Å². The zero-order valence-corrected chi connectivity index (χ0v) is 54.4. The molecule has 0 aliphatic carbocycles. The lowest BCUT2D eigenvalue weighted by Gasteiger charge is -2.26. The van der Waals surface area contributed by atoms with Gasteiger partial charge in [-0.2, -0.15) is 0 Å².